The lowest BCUT2D eigenvalue weighted by Crippen LogP contribution is -2.14. The van der Waals surface area contributed by atoms with E-state index in [0.29, 0.717) is 11.0 Å². The van der Waals surface area contributed by atoms with E-state index >= 15 is 0 Å². The molecule has 1 unspecified atom stereocenters. The molecule has 2 heterocycles. The zero-order valence-electron chi connectivity index (χ0n) is 10.7. The van der Waals surface area contributed by atoms with Gasteiger partial charge in [0.25, 0.3) is 0 Å². The summed E-state index contributed by atoms with van der Waals surface area (Å²) >= 11 is 6.10. The molecule has 2 aromatic heterocycles. The summed E-state index contributed by atoms with van der Waals surface area (Å²) in [6.07, 6.45) is 4.40. The normalized spacial score (nSPS) is 12.4. The van der Waals surface area contributed by atoms with Gasteiger partial charge in [0.1, 0.15) is 5.82 Å². The van der Waals surface area contributed by atoms with Crippen LogP contribution in [0.5, 0.6) is 0 Å². The van der Waals surface area contributed by atoms with E-state index in [1.54, 1.807) is 12.4 Å². The summed E-state index contributed by atoms with van der Waals surface area (Å²) in [5, 5.41) is 3.66. The topological polar surface area (TPSA) is 66.5 Å². The molecule has 1 atom stereocenters. The van der Waals surface area contributed by atoms with Crippen molar-refractivity contribution in [2.24, 2.45) is 0 Å². The number of aromatic nitrogens is 4. The van der Waals surface area contributed by atoms with Crippen LogP contribution >= 0.6 is 11.6 Å². The predicted octanol–water partition coefficient (Wildman–Crippen LogP) is 3.03. The number of aryl methyl sites for hydroxylation is 2. The Kier molecular flexibility index (Phi) is 3.81. The molecule has 2 rings (SSSR count). The summed E-state index contributed by atoms with van der Waals surface area (Å²) in [6, 6.07) is 0.0499. The van der Waals surface area contributed by atoms with E-state index in [4.69, 9.17) is 11.6 Å². The Morgan fingerprint density at radius 2 is 2.06 bits per heavy atom. The van der Waals surface area contributed by atoms with Gasteiger partial charge >= 0.3 is 0 Å². The number of hydrogen-bond acceptors (Lipinski definition) is 4. The highest BCUT2D eigenvalue weighted by Crippen LogP contribution is 2.24. The molecule has 6 heteroatoms. The molecule has 0 aliphatic heterocycles. The molecule has 0 saturated carbocycles. The highest BCUT2D eigenvalue weighted by atomic mass is 35.5. The fraction of sp³-hybridized carbons (Fsp3) is 0.417. The Morgan fingerprint density at radius 3 is 2.67 bits per heavy atom. The third-order valence-electron chi connectivity index (χ3n) is 2.83. The van der Waals surface area contributed by atoms with E-state index in [2.05, 4.69) is 32.2 Å². The Bertz CT molecular complexity index is 524. The molecule has 0 spiro atoms. The van der Waals surface area contributed by atoms with E-state index in [0.717, 1.165) is 23.6 Å². The smallest absolute Gasteiger partial charge is 0.171 e. The second-order valence-corrected chi connectivity index (χ2v) is 4.47. The Balaban J connectivity index is 2.25. The average molecular weight is 266 g/mol. The van der Waals surface area contributed by atoms with Crippen LogP contribution < -0.4 is 5.32 Å². The summed E-state index contributed by atoms with van der Waals surface area (Å²) in [4.78, 5) is 16.0. The molecule has 5 nitrogen and oxygen atoms in total. The second-order valence-electron chi connectivity index (χ2n) is 4.11. The third kappa shape index (κ3) is 2.61. The molecule has 0 amide bonds. The van der Waals surface area contributed by atoms with Crippen LogP contribution in [0.4, 0.5) is 5.82 Å². The maximum absolute atomic E-state index is 6.10. The summed E-state index contributed by atoms with van der Waals surface area (Å²) in [5.74, 6) is 1.47. The number of nitrogens with one attached hydrogen (secondary N) is 2. The Labute approximate surface area is 111 Å². The van der Waals surface area contributed by atoms with Gasteiger partial charge in [0.05, 0.1) is 17.4 Å². The standard InChI is InChI=1S/C12H16ClN5/c1-4-9(11-14-5-6-15-11)18-12-10(13)16-7(2)8(3)17-12/h5-6,9H,4H2,1-3H3,(H,14,15)(H,17,18). The van der Waals surface area contributed by atoms with Gasteiger partial charge in [-0.05, 0) is 20.3 Å². The fourth-order valence-electron chi connectivity index (χ4n) is 1.66. The largest absolute Gasteiger partial charge is 0.358 e. The van der Waals surface area contributed by atoms with E-state index in [1.165, 1.54) is 0 Å². The van der Waals surface area contributed by atoms with Crippen LogP contribution in [-0.4, -0.2) is 19.9 Å². The molecule has 0 fully saturated rings. The highest BCUT2D eigenvalue weighted by Gasteiger charge is 2.15. The molecule has 96 valence electrons. The maximum atomic E-state index is 6.10. The lowest BCUT2D eigenvalue weighted by atomic mass is 10.2. The second kappa shape index (κ2) is 5.35. The number of H-pyrrole nitrogens is 1. The summed E-state index contributed by atoms with van der Waals surface area (Å²) < 4.78 is 0. The molecule has 2 aromatic rings. The minimum Gasteiger partial charge on any atom is -0.358 e. The van der Waals surface area contributed by atoms with Crippen LogP contribution in [-0.2, 0) is 0 Å². The number of rotatable bonds is 4. The van der Waals surface area contributed by atoms with Gasteiger partial charge in [-0.25, -0.2) is 15.0 Å². The Morgan fingerprint density at radius 1 is 1.33 bits per heavy atom. The van der Waals surface area contributed by atoms with Crippen molar-refractivity contribution in [1.82, 2.24) is 19.9 Å². The molecule has 0 aliphatic rings. The van der Waals surface area contributed by atoms with Crippen LogP contribution in [0, 0.1) is 13.8 Å². The monoisotopic (exact) mass is 265 g/mol. The van der Waals surface area contributed by atoms with Crippen molar-refractivity contribution >= 4 is 17.4 Å². The lowest BCUT2D eigenvalue weighted by molar-refractivity contribution is 0.698. The third-order valence-corrected chi connectivity index (χ3v) is 3.10. The summed E-state index contributed by atoms with van der Waals surface area (Å²) in [5.41, 5.74) is 1.72. The van der Waals surface area contributed by atoms with E-state index in [-0.39, 0.29) is 6.04 Å². The fourth-order valence-corrected chi connectivity index (χ4v) is 1.89. The van der Waals surface area contributed by atoms with E-state index in [1.807, 2.05) is 13.8 Å². The maximum Gasteiger partial charge on any atom is 0.171 e. The van der Waals surface area contributed by atoms with Crippen molar-refractivity contribution < 1.29 is 0 Å². The van der Waals surface area contributed by atoms with Crippen LogP contribution in [0.15, 0.2) is 12.4 Å². The molecular weight excluding hydrogens is 250 g/mol. The molecule has 0 aromatic carbocycles. The van der Waals surface area contributed by atoms with Crippen molar-refractivity contribution in [1.29, 1.82) is 0 Å². The van der Waals surface area contributed by atoms with Crippen molar-refractivity contribution in [3.05, 3.63) is 34.8 Å². The quantitative estimate of drug-likeness (QED) is 0.892. The van der Waals surface area contributed by atoms with Crippen molar-refractivity contribution in [3.8, 4) is 0 Å². The molecule has 0 bridgehead atoms. The van der Waals surface area contributed by atoms with Gasteiger partial charge in [0, 0.05) is 12.4 Å². The molecule has 0 radical (unpaired) electrons. The lowest BCUT2D eigenvalue weighted by Gasteiger charge is -2.16. The minimum absolute atomic E-state index is 0.0499. The van der Waals surface area contributed by atoms with Crippen molar-refractivity contribution in [3.63, 3.8) is 0 Å². The van der Waals surface area contributed by atoms with Gasteiger partial charge in [-0.3, -0.25) is 0 Å². The first kappa shape index (κ1) is 12.8. The Hall–Kier alpha value is -1.62. The summed E-state index contributed by atoms with van der Waals surface area (Å²) in [6.45, 7) is 5.88. The first-order valence-electron chi connectivity index (χ1n) is 5.88. The van der Waals surface area contributed by atoms with Crippen LogP contribution in [0.1, 0.15) is 36.6 Å². The van der Waals surface area contributed by atoms with Crippen LogP contribution in [0.3, 0.4) is 0 Å². The van der Waals surface area contributed by atoms with E-state index in [9.17, 15) is 0 Å². The number of imidazole rings is 1. The van der Waals surface area contributed by atoms with Crippen molar-refractivity contribution in [2.75, 3.05) is 5.32 Å². The van der Waals surface area contributed by atoms with Crippen molar-refractivity contribution in [2.45, 2.75) is 33.2 Å². The first-order valence-corrected chi connectivity index (χ1v) is 6.26. The van der Waals surface area contributed by atoms with Gasteiger partial charge in [-0.15, -0.1) is 0 Å². The number of halogens is 1. The molecule has 0 aliphatic carbocycles. The summed E-state index contributed by atoms with van der Waals surface area (Å²) in [7, 11) is 0. The highest BCUT2D eigenvalue weighted by molar-refractivity contribution is 6.31. The zero-order valence-corrected chi connectivity index (χ0v) is 11.4. The number of anilines is 1. The van der Waals surface area contributed by atoms with Crippen LogP contribution in [0.25, 0.3) is 0 Å². The van der Waals surface area contributed by atoms with Crippen LogP contribution in [0.2, 0.25) is 5.15 Å². The molecule has 0 saturated heterocycles. The SMILES string of the molecule is CCC(Nc1nc(C)c(C)nc1Cl)c1ncc[nH]1. The van der Waals surface area contributed by atoms with Gasteiger partial charge in [0.15, 0.2) is 11.0 Å². The number of hydrogen-bond donors (Lipinski definition) is 2. The number of nitrogens with zero attached hydrogens (tertiary/aromatic N) is 3. The van der Waals surface area contributed by atoms with Gasteiger partial charge in [-0.2, -0.15) is 0 Å². The van der Waals surface area contributed by atoms with E-state index < -0.39 is 0 Å². The first-order chi connectivity index (χ1) is 8.61. The zero-order chi connectivity index (χ0) is 13.1. The predicted molar refractivity (Wildman–Crippen MR) is 71.8 cm³/mol. The van der Waals surface area contributed by atoms with Gasteiger partial charge in [-0.1, -0.05) is 18.5 Å². The number of aromatic amines is 1. The molecular formula is C12H16ClN5. The van der Waals surface area contributed by atoms with Gasteiger partial charge < -0.3 is 10.3 Å². The van der Waals surface area contributed by atoms with Gasteiger partial charge in [0.2, 0.25) is 0 Å². The minimum atomic E-state index is 0.0499. The molecule has 18 heavy (non-hydrogen) atoms. The average Bonchev–Trinajstić information content (AvgIpc) is 2.85. The molecule has 2 N–H and O–H groups in total.